The maximum Gasteiger partial charge on any atom is 0.136 e. The van der Waals surface area contributed by atoms with Crippen molar-refractivity contribution in [1.82, 2.24) is 25.3 Å². The SMILES string of the molecule is c1ccc(C2CNNC2C2CCN(Cc3cccn3-c3ccccn3)CC2)cc1. The molecule has 1 aromatic carbocycles. The Labute approximate surface area is 172 Å². The van der Waals surface area contributed by atoms with Crippen LogP contribution in [0.15, 0.2) is 73.1 Å². The summed E-state index contributed by atoms with van der Waals surface area (Å²) in [7, 11) is 0. The number of hydrazine groups is 1. The first kappa shape index (κ1) is 18.6. The van der Waals surface area contributed by atoms with Gasteiger partial charge in [0.05, 0.1) is 0 Å². The van der Waals surface area contributed by atoms with Crippen molar-refractivity contribution in [2.24, 2.45) is 5.92 Å². The molecule has 2 N–H and O–H groups in total. The number of likely N-dealkylation sites (tertiary alicyclic amines) is 1. The molecule has 2 saturated heterocycles. The van der Waals surface area contributed by atoms with Crippen LogP contribution >= 0.6 is 0 Å². The summed E-state index contributed by atoms with van der Waals surface area (Å²) in [5.41, 5.74) is 9.76. The Morgan fingerprint density at radius 1 is 0.931 bits per heavy atom. The van der Waals surface area contributed by atoms with E-state index < -0.39 is 0 Å². The van der Waals surface area contributed by atoms with E-state index >= 15 is 0 Å². The van der Waals surface area contributed by atoms with Crippen molar-refractivity contribution >= 4 is 0 Å². The summed E-state index contributed by atoms with van der Waals surface area (Å²) in [4.78, 5) is 7.09. The fraction of sp³-hybridized carbons (Fsp3) is 0.375. The van der Waals surface area contributed by atoms with Gasteiger partial charge in [0, 0.05) is 43.1 Å². The fourth-order valence-corrected chi connectivity index (χ4v) is 4.95. The topological polar surface area (TPSA) is 45.1 Å². The number of hydrogen-bond donors (Lipinski definition) is 2. The van der Waals surface area contributed by atoms with E-state index in [2.05, 4.69) is 80.0 Å². The molecule has 2 unspecified atom stereocenters. The van der Waals surface area contributed by atoms with Crippen molar-refractivity contribution in [3.8, 4) is 5.82 Å². The lowest BCUT2D eigenvalue weighted by Crippen LogP contribution is -2.44. The van der Waals surface area contributed by atoms with Gasteiger partial charge in [-0.25, -0.2) is 4.98 Å². The number of rotatable bonds is 5. The number of piperidine rings is 1. The van der Waals surface area contributed by atoms with Crippen LogP contribution in [0, 0.1) is 5.92 Å². The zero-order valence-corrected chi connectivity index (χ0v) is 16.7. The maximum absolute atomic E-state index is 4.51. The average molecular weight is 388 g/mol. The highest BCUT2D eigenvalue weighted by Crippen LogP contribution is 2.32. The van der Waals surface area contributed by atoms with E-state index in [0.717, 1.165) is 32.0 Å². The van der Waals surface area contributed by atoms with Gasteiger partial charge in [0.2, 0.25) is 0 Å². The van der Waals surface area contributed by atoms with Crippen molar-refractivity contribution in [1.29, 1.82) is 0 Å². The van der Waals surface area contributed by atoms with Crippen molar-refractivity contribution in [2.45, 2.75) is 31.3 Å². The molecule has 0 bridgehead atoms. The molecule has 0 saturated carbocycles. The fourth-order valence-electron chi connectivity index (χ4n) is 4.95. The van der Waals surface area contributed by atoms with Gasteiger partial charge in [0.25, 0.3) is 0 Å². The number of hydrogen-bond acceptors (Lipinski definition) is 4. The van der Waals surface area contributed by atoms with Crippen molar-refractivity contribution < 1.29 is 0 Å². The van der Waals surface area contributed by atoms with Gasteiger partial charge in [-0.15, -0.1) is 0 Å². The Hall–Kier alpha value is -2.47. The molecule has 5 rings (SSSR count). The maximum atomic E-state index is 4.51. The second kappa shape index (κ2) is 8.49. The second-order valence-electron chi connectivity index (χ2n) is 8.24. The molecular formula is C24H29N5. The summed E-state index contributed by atoms with van der Waals surface area (Å²) in [6.45, 7) is 4.30. The van der Waals surface area contributed by atoms with Crippen LogP contribution in [-0.4, -0.2) is 40.1 Å². The summed E-state index contributed by atoms with van der Waals surface area (Å²) in [5, 5.41) is 0. The molecule has 0 spiro atoms. The van der Waals surface area contributed by atoms with Crippen LogP contribution < -0.4 is 10.9 Å². The quantitative estimate of drug-likeness (QED) is 0.705. The van der Waals surface area contributed by atoms with Gasteiger partial charge in [0.1, 0.15) is 5.82 Å². The van der Waals surface area contributed by atoms with Crippen molar-refractivity contribution in [3.63, 3.8) is 0 Å². The molecule has 2 atom stereocenters. The van der Waals surface area contributed by atoms with Crippen LogP contribution in [0.4, 0.5) is 0 Å². The van der Waals surface area contributed by atoms with Gasteiger partial charge in [-0.3, -0.25) is 15.8 Å². The minimum absolute atomic E-state index is 0.525. The zero-order valence-electron chi connectivity index (χ0n) is 16.7. The molecule has 2 aromatic heterocycles. The van der Waals surface area contributed by atoms with Gasteiger partial charge in [-0.1, -0.05) is 36.4 Å². The Bertz CT molecular complexity index is 899. The van der Waals surface area contributed by atoms with E-state index in [-0.39, 0.29) is 0 Å². The van der Waals surface area contributed by atoms with Crippen LogP contribution in [0.25, 0.3) is 5.82 Å². The van der Waals surface area contributed by atoms with E-state index in [1.165, 1.54) is 24.1 Å². The van der Waals surface area contributed by atoms with Crippen molar-refractivity contribution in [2.75, 3.05) is 19.6 Å². The van der Waals surface area contributed by atoms with E-state index in [1.54, 1.807) is 0 Å². The van der Waals surface area contributed by atoms with Gasteiger partial charge in [0.15, 0.2) is 0 Å². The molecule has 29 heavy (non-hydrogen) atoms. The molecule has 0 radical (unpaired) electrons. The molecule has 2 aliphatic rings. The first-order chi connectivity index (χ1) is 14.4. The molecule has 5 heteroatoms. The molecule has 2 aliphatic heterocycles. The first-order valence-electron chi connectivity index (χ1n) is 10.7. The van der Waals surface area contributed by atoms with Crippen LogP contribution in [0.1, 0.15) is 30.0 Å². The van der Waals surface area contributed by atoms with Gasteiger partial charge >= 0.3 is 0 Å². The number of pyridine rings is 1. The smallest absolute Gasteiger partial charge is 0.136 e. The lowest BCUT2D eigenvalue weighted by Gasteiger charge is -2.36. The van der Waals surface area contributed by atoms with Gasteiger partial charge in [-0.2, -0.15) is 0 Å². The molecule has 4 heterocycles. The summed E-state index contributed by atoms with van der Waals surface area (Å²) in [6.07, 6.45) is 6.46. The summed E-state index contributed by atoms with van der Waals surface area (Å²) < 4.78 is 2.21. The predicted molar refractivity (Wildman–Crippen MR) is 116 cm³/mol. The first-order valence-corrected chi connectivity index (χ1v) is 10.7. The van der Waals surface area contributed by atoms with Crippen LogP contribution in [0.2, 0.25) is 0 Å². The Morgan fingerprint density at radius 3 is 2.55 bits per heavy atom. The molecule has 5 nitrogen and oxygen atoms in total. The van der Waals surface area contributed by atoms with Crippen LogP contribution in [-0.2, 0) is 6.54 Å². The van der Waals surface area contributed by atoms with Crippen molar-refractivity contribution in [3.05, 3.63) is 84.3 Å². The van der Waals surface area contributed by atoms with E-state index in [0.29, 0.717) is 17.9 Å². The average Bonchev–Trinajstić information content (AvgIpc) is 3.45. The molecule has 2 fully saturated rings. The van der Waals surface area contributed by atoms with Gasteiger partial charge in [-0.05, 0) is 61.7 Å². The lowest BCUT2D eigenvalue weighted by atomic mass is 9.80. The number of nitrogens with one attached hydrogen (secondary N) is 2. The molecule has 0 aliphatic carbocycles. The van der Waals surface area contributed by atoms with Crippen LogP contribution in [0.3, 0.4) is 0 Å². The van der Waals surface area contributed by atoms with Crippen LogP contribution in [0.5, 0.6) is 0 Å². The third-order valence-electron chi connectivity index (χ3n) is 6.51. The second-order valence-corrected chi connectivity index (χ2v) is 8.24. The Balaban J connectivity index is 1.21. The zero-order chi connectivity index (χ0) is 19.5. The largest absolute Gasteiger partial charge is 0.304 e. The minimum Gasteiger partial charge on any atom is -0.304 e. The normalized spacial score (nSPS) is 23.4. The molecule has 150 valence electrons. The summed E-state index contributed by atoms with van der Waals surface area (Å²) in [5.74, 6) is 2.28. The third-order valence-corrected chi connectivity index (χ3v) is 6.51. The highest BCUT2D eigenvalue weighted by atomic mass is 15.4. The number of benzene rings is 1. The lowest BCUT2D eigenvalue weighted by molar-refractivity contribution is 0.150. The third kappa shape index (κ3) is 3.99. The molecule has 0 amide bonds. The summed E-state index contributed by atoms with van der Waals surface area (Å²) >= 11 is 0. The Kier molecular flexibility index (Phi) is 5.43. The highest BCUT2D eigenvalue weighted by Gasteiger charge is 2.36. The van der Waals surface area contributed by atoms with E-state index in [1.807, 2.05) is 18.3 Å². The number of aromatic nitrogens is 2. The van der Waals surface area contributed by atoms with E-state index in [9.17, 15) is 0 Å². The van der Waals surface area contributed by atoms with E-state index in [4.69, 9.17) is 0 Å². The predicted octanol–water partition coefficient (Wildman–Crippen LogP) is 3.34. The molecule has 3 aromatic rings. The highest BCUT2D eigenvalue weighted by molar-refractivity contribution is 5.27. The molecular weight excluding hydrogens is 358 g/mol. The minimum atomic E-state index is 0.525. The summed E-state index contributed by atoms with van der Waals surface area (Å²) in [6, 6.07) is 21.9. The monoisotopic (exact) mass is 387 g/mol. The van der Waals surface area contributed by atoms with Gasteiger partial charge < -0.3 is 4.57 Å². The standard InChI is InChI=1S/C24H29N5/c1-2-7-19(8-3-1)22-17-26-27-24(22)20-11-15-28(16-12-20)18-21-9-6-14-29(21)23-10-4-5-13-25-23/h1-10,13-14,20,22,24,26-27H,11-12,15-18H2. The Morgan fingerprint density at radius 2 is 1.76 bits per heavy atom. The number of nitrogens with zero attached hydrogens (tertiary/aromatic N) is 3.